The molecule has 6 heteroatoms. The fourth-order valence-electron chi connectivity index (χ4n) is 2.59. The van der Waals surface area contributed by atoms with Crippen molar-refractivity contribution < 1.29 is 18.7 Å². The molecule has 3 rings (SSSR count). The van der Waals surface area contributed by atoms with E-state index in [-0.39, 0.29) is 11.7 Å². The average Bonchev–Trinajstić information content (AvgIpc) is 2.69. The van der Waals surface area contributed by atoms with E-state index < -0.39 is 6.10 Å². The number of benzene rings is 2. The molecule has 5 nitrogen and oxygen atoms in total. The maximum absolute atomic E-state index is 13.0. The van der Waals surface area contributed by atoms with E-state index in [1.807, 2.05) is 13.0 Å². The smallest absolute Gasteiger partial charge is 0.265 e. The lowest BCUT2D eigenvalue weighted by Crippen LogP contribution is -2.30. The van der Waals surface area contributed by atoms with Gasteiger partial charge in [0.05, 0.1) is 12.3 Å². The van der Waals surface area contributed by atoms with Gasteiger partial charge in [-0.15, -0.1) is 0 Å². The number of hydrogen-bond donors (Lipinski definition) is 1. The fourth-order valence-corrected chi connectivity index (χ4v) is 2.59. The van der Waals surface area contributed by atoms with E-state index in [4.69, 9.17) is 9.47 Å². The Kier molecular flexibility index (Phi) is 5.86. The second-order valence-electron chi connectivity index (χ2n) is 6.06. The topological polar surface area (TPSA) is 60.5 Å². The Morgan fingerprint density at radius 2 is 1.96 bits per heavy atom. The number of amides is 1. The van der Waals surface area contributed by atoms with Crippen molar-refractivity contribution >= 4 is 22.5 Å². The van der Waals surface area contributed by atoms with Gasteiger partial charge in [-0.1, -0.05) is 6.92 Å². The van der Waals surface area contributed by atoms with Crippen molar-refractivity contribution in [3.8, 4) is 11.5 Å². The normalized spacial score (nSPS) is 11.8. The zero-order chi connectivity index (χ0) is 19.2. The lowest BCUT2D eigenvalue weighted by Gasteiger charge is -2.16. The second-order valence-corrected chi connectivity index (χ2v) is 6.06. The first kappa shape index (κ1) is 18.6. The van der Waals surface area contributed by atoms with Gasteiger partial charge in [0.25, 0.3) is 5.91 Å². The van der Waals surface area contributed by atoms with Gasteiger partial charge in [-0.3, -0.25) is 9.78 Å². The van der Waals surface area contributed by atoms with Crippen molar-refractivity contribution in [2.24, 2.45) is 0 Å². The number of hydrogen-bond acceptors (Lipinski definition) is 4. The molecule has 3 aromatic rings. The number of nitrogens with one attached hydrogen (secondary N) is 1. The quantitative estimate of drug-likeness (QED) is 0.664. The minimum Gasteiger partial charge on any atom is -0.491 e. The molecular formula is C21H21FN2O3. The Morgan fingerprint density at radius 3 is 2.70 bits per heavy atom. The van der Waals surface area contributed by atoms with Gasteiger partial charge in [-0.25, -0.2) is 4.39 Å². The Balaban J connectivity index is 1.77. The molecule has 140 valence electrons. The summed E-state index contributed by atoms with van der Waals surface area (Å²) in [6.07, 6.45) is 1.83. The molecule has 0 spiro atoms. The zero-order valence-corrected chi connectivity index (χ0v) is 15.2. The molecule has 2 aromatic carbocycles. The number of halogens is 1. The Bertz CT molecular complexity index is 928. The molecular weight excluding hydrogens is 347 g/mol. The number of carbonyl (C=O) groups is 1. The summed E-state index contributed by atoms with van der Waals surface area (Å²) in [4.78, 5) is 16.9. The predicted octanol–water partition coefficient (Wildman–Crippen LogP) is 4.57. The van der Waals surface area contributed by atoms with Gasteiger partial charge in [0.15, 0.2) is 6.10 Å². The number of fused-ring (bicyclic) bond motifs is 1. The zero-order valence-electron chi connectivity index (χ0n) is 15.2. The summed E-state index contributed by atoms with van der Waals surface area (Å²) in [6, 6.07) is 12.8. The van der Waals surface area contributed by atoms with Crippen LogP contribution < -0.4 is 14.8 Å². The molecule has 0 aliphatic carbocycles. The number of carbonyl (C=O) groups excluding carboxylic acids is 1. The van der Waals surface area contributed by atoms with E-state index in [1.165, 1.54) is 24.3 Å². The lowest BCUT2D eigenvalue weighted by atomic mass is 10.1. The van der Waals surface area contributed by atoms with Crippen molar-refractivity contribution in [3.05, 3.63) is 60.5 Å². The fraction of sp³-hybridized carbons (Fsp3) is 0.238. The van der Waals surface area contributed by atoms with E-state index in [9.17, 15) is 9.18 Å². The van der Waals surface area contributed by atoms with E-state index in [0.29, 0.717) is 29.3 Å². The lowest BCUT2D eigenvalue weighted by molar-refractivity contribution is -0.122. The van der Waals surface area contributed by atoms with Crippen LogP contribution in [-0.4, -0.2) is 23.6 Å². The van der Waals surface area contributed by atoms with Crippen LogP contribution in [0.4, 0.5) is 10.1 Å². The Morgan fingerprint density at radius 1 is 1.19 bits per heavy atom. The third-order valence-electron chi connectivity index (χ3n) is 3.95. The first-order valence-electron chi connectivity index (χ1n) is 8.82. The highest BCUT2D eigenvalue weighted by atomic mass is 19.1. The van der Waals surface area contributed by atoms with Crippen molar-refractivity contribution in [1.29, 1.82) is 0 Å². The summed E-state index contributed by atoms with van der Waals surface area (Å²) < 4.78 is 24.3. The molecule has 0 radical (unpaired) electrons. The standard InChI is InChI=1S/C21H21FN2O3/c1-3-13-26-19-11-10-18(17-5-4-12-23-20(17)19)24-21(25)14(2)27-16-8-6-15(22)7-9-16/h4-12,14H,3,13H2,1-2H3,(H,24,25)/t14-/m0/s1. The van der Waals surface area contributed by atoms with Crippen LogP contribution in [0.25, 0.3) is 10.9 Å². The van der Waals surface area contributed by atoms with Crippen molar-refractivity contribution in [1.82, 2.24) is 4.98 Å². The second kappa shape index (κ2) is 8.49. The molecule has 0 aliphatic rings. The number of anilines is 1. The Labute approximate surface area is 157 Å². The first-order valence-corrected chi connectivity index (χ1v) is 8.82. The largest absolute Gasteiger partial charge is 0.491 e. The molecule has 0 saturated carbocycles. The van der Waals surface area contributed by atoms with E-state index in [2.05, 4.69) is 10.3 Å². The summed E-state index contributed by atoms with van der Waals surface area (Å²) >= 11 is 0. The van der Waals surface area contributed by atoms with Gasteiger partial charge in [-0.2, -0.15) is 0 Å². The molecule has 1 heterocycles. The molecule has 1 amide bonds. The van der Waals surface area contributed by atoms with Gasteiger partial charge >= 0.3 is 0 Å². The molecule has 1 aromatic heterocycles. The summed E-state index contributed by atoms with van der Waals surface area (Å²) in [6.45, 7) is 4.27. The van der Waals surface area contributed by atoms with Gasteiger partial charge in [0.1, 0.15) is 22.8 Å². The van der Waals surface area contributed by atoms with Crippen LogP contribution in [-0.2, 0) is 4.79 Å². The van der Waals surface area contributed by atoms with Crippen LogP contribution in [0.5, 0.6) is 11.5 Å². The van der Waals surface area contributed by atoms with Crippen molar-refractivity contribution in [3.63, 3.8) is 0 Å². The Hall–Kier alpha value is -3.15. The van der Waals surface area contributed by atoms with Gasteiger partial charge < -0.3 is 14.8 Å². The molecule has 0 aliphatic heterocycles. The number of rotatable bonds is 7. The molecule has 1 atom stereocenters. The van der Waals surface area contributed by atoms with Crippen LogP contribution in [0.2, 0.25) is 0 Å². The number of aromatic nitrogens is 1. The van der Waals surface area contributed by atoms with E-state index in [0.717, 1.165) is 11.8 Å². The molecule has 27 heavy (non-hydrogen) atoms. The van der Waals surface area contributed by atoms with Crippen molar-refractivity contribution in [2.45, 2.75) is 26.4 Å². The number of ether oxygens (including phenoxy) is 2. The SMILES string of the molecule is CCCOc1ccc(NC(=O)[C@H](C)Oc2ccc(F)cc2)c2cccnc12. The van der Waals surface area contributed by atoms with Gasteiger partial charge in [-0.05, 0) is 61.9 Å². The highest BCUT2D eigenvalue weighted by Crippen LogP contribution is 2.30. The van der Waals surface area contributed by atoms with Crippen LogP contribution in [0.15, 0.2) is 54.7 Å². The highest BCUT2D eigenvalue weighted by molar-refractivity contribution is 6.04. The van der Waals surface area contributed by atoms with E-state index >= 15 is 0 Å². The molecule has 0 fully saturated rings. The summed E-state index contributed by atoms with van der Waals surface area (Å²) in [5.41, 5.74) is 1.32. The monoisotopic (exact) mass is 368 g/mol. The molecule has 0 unspecified atom stereocenters. The first-order chi connectivity index (χ1) is 13.1. The van der Waals surface area contributed by atoms with Crippen LogP contribution in [0.3, 0.4) is 0 Å². The summed E-state index contributed by atoms with van der Waals surface area (Å²) in [5, 5.41) is 3.65. The molecule has 1 N–H and O–H groups in total. The highest BCUT2D eigenvalue weighted by Gasteiger charge is 2.17. The maximum Gasteiger partial charge on any atom is 0.265 e. The van der Waals surface area contributed by atoms with Crippen LogP contribution in [0, 0.1) is 5.82 Å². The van der Waals surface area contributed by atoms with Crippen LogP contribution >= 0.6 is 0 Å². The molecule has 0 saturated heterocycles. The van der Waals surface area contributed by atoms with Crippen LogP contribution in [0.1, 0.15) is 20.3 Å². The minimum atomic E-state index is -0.752. The van der Waals surface area contributed by atoms with Gasteiger partial charge in [0.2, 0.25) is 0 Å². The predicted molar refractivity (Wildman–Crippen MR) is 103 cm³/mol. The average molecular weight is 368 g/mol. The third kappa shape index (κ3) is 4.53. The van der Waals surface area contributed by atoms with Gasteiger partial charge in [0, 0.05) is 11.6 Å². The summed E-state index contributed by atoms with van der Waals surface area (Å²) in [7, 11) is 0. The number of pyridine rings is 1. The van der Waals surface area contributed by atoms with Crippen molar-refractivity contribution in [2.75, 3.05) is 11.9 Å². The molecule has 0 bridgehead atoms. The number of nitrogens with zero attached hydrogens (tertiary/aromatic N) is 1. The maximum atomic E-state index is 13.0. The summed E-state index contributed by atoms with van der Waals surface area (Å²) in [5.74, 6) is 0.436. The van der Waals surface area contributed by atoms with E-state index in [1.54, 1.807) is 31.3 Å². The minimum absolute atomic E-state index is 0.313. The third-order valence-corrected chi connectivity index (χ3v) is 3.95.